The Labute approximate surface area is 109 Å². The fourth-order valence-electron chi connectivity index (χ4n) is 3.57. The van der Waals surface area contributed by atoms with Gasteiger partial charge < -0.3 is 5.32 Å². The first-order valence-electron chi connectivity index (χ1n) is 7.90. The summed E-state index contributed by atoms with van der Waals surface area (Å²) >= 11 is 0. The smallest absolute Gasteiger partial charge is 0.0118 e. The summed E-state index contributed by atoms with van der Waals surface area (Å²) in [6.07, 6.45) is 11.5. The fourth-order valence-corrected chi connectivity index (χ4v) is 3.57. The van der Waals surface area contributed by atoms with E-state index in [-0.39, 0.29) is 0 Å². The third kappa shape index (κ3) is 4.62. The van der Waals surface area contributed by atoms with Crippen LogP contribution in [0, 0.1) is 17.8 Å². The zero-order valence-electron chi connectivity index (χ0n) is 12.5. The number of rotatable bonds is 7. The number of hydrogen-bond donors (Lipinski definition) is 1. The average molecular weight is 239 g/mol. The second kappa shape index (κ2) is 8.13. The highest BCUT2D eigenvalue weighted by Gasteiger charge is 2.28. The summed E-state index contributed by atoms with van der Waals surface area (Å²) in [7, 11) is 2.15. The van der Waals surface area contributed by atoms with E-state index in [1.165, 1.54) is 51.4 Å². The minimum absolute atomic E-state index is 0.757. The summed E-state index contributed by atoms with van der Waals surface area (Å²) in [6, 6.07) is 0.757. The normalized spacial score (nSPS) is 28.9. The quantitative estimate of drug-likeness (QED) is 0.683. The third-order valence-electron chi connectivity index (χ3n) is 4.96. The van der Waals surface area contributed by atoms with Gasteiger partial charge in [-0.1, -0.05) is 59.3 Å². The molecule has 102 valence electrons. The van der Waals surface area contributed by atoms with Crippen LogP contribution in [-0.4, -0.2) is 13.1 Å². The summed E-state index contributed by atoms with van der Waals surface area (Å²) < 4.78 is 0. The predicted molar refractivity (Wildman–Crippen MR) is 77.3 cm³/mol. The first kappa shape index (κ1) is 15.0. The zero-order chi connectivity index (χ0) is 12.7. The van der Waals surface area contributed by atoms with Gasteiger partial charge in [0, 0.05) is 6.04 Å². The van der Waals surface area contributed by atoms with Crippen LogP contribution in [0.2, 0.25) is 0 Å². The molecule has 1 fully saturated rings. The molecule has 0 spiro atoms. The van der Waals surface area contributed by atoms with Crippen LogP contribution in [0.25, 0.3) is 0 Å². The molecule has 2 unspecified atom stereocenters. The molecule has 17 heavy (non-hydrogen) atoms. The van der Waals surface area contributed by atoms with E-state index in [4.69, 9.17) is 0 Å². The molecule has 0 aromatic rings. The van der Waals surface area contributed by atoms with Crippen molar-refractivity contribution in [2.24, 2.45) is 17.8 Å². The minimum atomic E-state index is 0.757. The lowest BCUT2D eigenvalue weighted by Gasteiger charge is -2.36. The Kier molecular flexibility index (Phi) is 7.18. The van der Waals surface area contributed by atoms with Gasteiger partial charge in [-0.15, -0.1) is 0 Å². The van der Waals surface area contributed by atoms with Crippen LogP contribution in [-0.2, 0) is 0 Å². The molecule has 0 aromatic heterocycles. The molecule has 1 aliphatic carbocycles. The monoisotopic (exact) mass is 239 g/mol. The topological polar surface area (TPSA) is 12.0 Å². The lowest BCUT2D eigenvalue weighted by molar-refractivity contribution is 0.182. The first-order chi connectivity index (χ1) is 8.22. The highest BCUT2D eigenvalue weighted by atomic mass is 14.9. The van der Waals surface area contributed by atoms with Gasteiger partial charge in [-0.3, -0.25) is 0 Å². The maximum absolute atomic E-state index is 3.58. The summed E-state index contributed by atoms with van der Waals surface area (Å²) in [4.78, 5) is 0. The molecule has 2 atom stereocenters. The van der Waals surface area contributed by atoms with Gasteiger partial charge in [0.15, 0.2) is 0 Å². The standard InChI is InChI=1S/C16H33N/c1-5-7-8-14-9-11-15(12-10-14)16(17-4)13(3)6-2/h13-17H,5-12H2,1-4H3. The molecule has 1 saturated carbocycles. The summed E-state index contributed by atoms with van der Waals surface area (Å²) in [5.41, 5.74) is 0. The van der Waals surface area contributed by atoms with Crippen LogP contribution >= 0.6 is 0 Å². The molecule has 1 nitrogen and oxygen atoms in total. The Bertz CT molecular complexity index is 182. The molecule has 0 saturated heterocycles. The van der Waals surface area contributed by atoms with Gasteiger partial charge in [0.25, 0.3) is 0 Å². The second-order valence-corrected chi connectivity index (χ2v) is 6.12. The second-order valence-electron chi connectivity index (χ2n) is 6.12. The number of hydrogen-bond acceptors (Lipinski definition) is 1. The molecule has 1 N–H and O–H groups in total. The van der Waals surface area contributed by atoms with Crippen LogP contribution in [0.1, 0.15) is 72.1 Å². The highest BCUT2D eigenvalue weighted by molar-refractivity contribution is 4.84. The van der Waals surface area contributed by atoms with Crippen molar-refractivity contribution in [3.63, 3.8) is 0 Å². The van der Waals surface area contributed by atoms with Crippen molar-refractivity contribution in [3.05, 3.63) is 0 Å². The Morgan fingerprint density at radius 3 is 2.24 bits per heavy atom. The molecule has 1 rings (SSSR count). The Morgan fingerprint density at radius 1 is 1.12 bits per heavy atom. The van der Waals surface area contributed by atoms with Gasteiger partial charge in [0.1, 0.15) is 0 Å². The average Bonchev–Trinajstić information content (AvgIpc) is 2.38. The number of unbranched alkanes of at least 4 members (excludes halogenated alkanes) is 1. The molecule has 1 heteroatoms. The maximum atomic E-state index is 3.58. The fraction of sp³-hybridized carbons (Fsp3) is 1.00. The van der Waals surface area contributed by atoms with Crippen molar-refractivity contribution >= 4 is 0 Å². The van der Waals surface area contributed by atoms with Crippen molar-refractivity contribution in [3.8, 4) is 0 Å². The number of nitrogens with one attached hydrogen (secondary N) is 1. The van der Waals surface area contributed by atoms with Gasteiger partial charge in [-0.05, 0) is 37.6 Å². The van der Waals surface area contributed by atoms with Crippen molar-refractivity contribution in [1.82, 2.24) is 5.32 Å². The van der Waals surface area contributed by atoms with Crippen LogP contribution in [0.4, 0.5) is 0 Å². The van der Waals surface area contributed by atoms with Gasteiger partial charge in [0.05, 0.1) is 0 Å². The zero-order valence-corrected chi connectivity index (χ0v) is 12.5. The highest BCUT2D eigenvalue weighted by Crippen LogP contribution is 2.35. The van der Waals surface area contributed by atoms with Crippen LogP contribution in [0.3, 0.4) is 0 Å². The van der Waals surface area contributed by atoms with Crippen molar-refractivity contribution in [2.75, 3.05) is 7.05 Å². The van der Waals surface area contributed by atoms with Crippen LogP contribution in [0.5, 0.6) is 0 Å². The van der Waals surface area contributed by atoms with E-state index < -0.39 is 0 Å². The van der Waals surface area contributed by atoms with Gasteiger partial charge in [0.2, 0.25) is 0 Å². The molecule has 0 aliphatic heterocycles. The summed E-state index contributed by atoms with van der Waals surface area (Å²) in [6.45, 7) is 7.04. The molecule has 0 radical (unpaired) electrons. The van der Waals surface area contributed by atoms with E-state index in [2.05, 4.69) is 33.1 Å². The van der Waals surface area contributed by atoms with Crippen LogP contribution in [0.15, 0.2) is 0 Å². The third-order valence-corrected chi connectivity index (χ3v) is 4.96. The Balaban J connectivity index is 2.34. The SMILES string of the molecule is CCCCC1CCC(C(NC)C(C)CC)CC1. The van der Waals surface area contributed by atoms with Crippen molar-refractivity contribution < 1.29 is 0 Å². The molecular weight excluding hydrogens is 206 g/mol. The Hall–Kier alpha value is -0.0400. The van der Waals surface area contributed by atoms with E-state index in [1.54, 1.807) is 0 Å². The van der Waals surface area contributed by atoms with E-state index in [1.807, 2.05) is 0 Å². The maximum Gasteiger partial charge on any atom is 0.0118 e. The summed E-state index contributed by atoms with van der Waals surface area (Å²) in [5.74, 6) is 2.81. The molecule has 0 aromatic carbocycles. The van der Waals surface area contributed by atoms with Gasteiger partial charge in [-0.25, -0.2) is 0 Å². The largest absolute Gasteiger partial charge is 0.316 e. The van der Waals surface area contributed by atoms with E-state index in [0.29, 0.717) is 0 Å². The first-order valence-corrected chi connectivity index (χ1v) is 7.90. The molecule has 0 bridgehead atoms. The molecule has 1 aliphatic rings. The summed E-state index contributed by atoms with van der Waals surface area (Å²) in [5, 5.41) is 3.58. The van der Waals surface area contributed by atoms with Crippen molar-refractivity contribution in [2.45, 2.75) is 78.2 Å². The van der Waals surface area contributed by atoms with Gasteiger partial charge in [-0.2, -0.15) is 0 Å². The Morgan fingerprint density at radius 2 is 1.76 bits per heavy atom. The van der Waals surface area contributed by atoms with Crippen LogP contribution < -0.4 is 5.32 Å². The van der Waals surface area contributed by atoms with E-state index >= 15 is 0 Å². The van der Waals surface area contributed by atoms with Gasteiger partial charge >= 0.3 is 0 Å². The molecule has 0 amide bonds. The molecule has 0 heterocycles. The van der Waals surface area contributed by atoms with E-state index in [0.717, 1.165) is 23.8 Å². The molecular formula is C16H33N. The minimum Gasteiger partial charge on any atom is -0.316 e. The lowest BCUT2D eigenvalue weighted by atomic mass is 9.74. The predicted octanol–water partition coefficient (Wildman–Crippen LogP) is 4.62. The lowest BCUT2D eigenvalue weighted by Crippen LogP contribution is -2.40. The van der Waals surface area contributed by atoms with E-state index in [9.17, 15) is 0 Å². The van der Waals surface area contributed by atoms with Crippen molar-refractivity contribution in [1.29, 1.82) is 0 Å².